The molecule has 2 aliphatic rings. The maximum absolute atomic E-state index is 14.0. The minimum Gasteiger partial charge on any atom is -0.355 e. The average Bonchev–Trinajstić information content (AvgIpc) is 2.42. The lowest BCUT2D eigenvalue weighted by molar-refractivity contribution is -0.118. The predicted octanol–water partition coefficient (Wildman–Crippen LogP) is 2.91. The van der Waals surface area contributed by atoms with Crippen LogP contribution in [-0.4, -0.2) is 18.5 Å². The third-order valence-electron chi connectivity index (χ3n) is 4.21. The highest BCUT2D eigenvalue weighted by molar-refractivity contribution is 6.03. The SMILES string of the molecule is CCC1CCN2c3c(ccc(F)c3F)NC(=O)C2C1. The van der Waals surface area contributed by atoms with Gasteiger partial charge in [-0.05, 0) is 30.9 Å². The number of anilines is 2. The Labute approximate surface area is 110 Å². The average molecular weight is 266 g/mol. The van der Waals surface area contributed by atoms with Crippen LogP contribution in [0.25, 0.3) is 0 Å². The molecule has 2 atom stereocenters. The maximum Gasteiger partial charge on any atom is 0.247 e. The molecule has 1 aromatic carbocycles. The van der Waals surface area contributed by atoms with E-state index in [1.165, 1.54) is 6.07 Å². The molecular formula is C14H16F2N2O. The zero-order valence-corrected chi connectivity index (χ0v) is 10.7. The van der Waals surface area contributed by atoms with Gasteiger partial charge >= 0.3 is 0 Å². The first-order chi connectivity index (χ1) is 9.11. The number of hydrogen-bond donors (Lipinski definition) is 1. The van der Waals surface area contributed by atoms with Crippen molar-refractivity contribution in [1.82, 2.24) is 0 Å². The van der Waals surface area contributed by atoms with Gasteiger partial charge in [0.15, 0.2) is 11.6 Å². The van der Waals surface area contributed by atoms with Gasteiger partial charge < -0.3 is 10.2 Å². The molecule has 0 aliphatic carbocycles. The van der Waals surface area contributed by atoms with Crippen LogP contribution in [-0.2, 0) is 4.79 Å². The molecule has 0 bridgehead atoms. The summed E-state index contributed by atoms with van der Waals surface area (Å²) in [5, 5.41) is 2.68. The smallest absolute Gasteiger partial charge is 0.247 e. The number of nitrogens with zero attached hydrogens (tertiary/aromatic N) is 1. The van der Waals surface area contributed by atoms with Crippen molar-refractivity contribution in [3.8, 4) is 0 Å². The summed E-state index contributed by atoms with van der Waals surface area (Å²) in [6, 6.07) is 2.10. The maximum atomic E-state index is 14.0. The van der Waals surface area contributed by atoms with E-state index in [2.05, 4.69) is 12.2 Å². The van der Waals surface area contributed by atoms with Gasteiger partial charge in [-0.3, -0.25) is 4.79 Å². The van der Waals surface area contributed by atoms with Crippen molar-refractivity contribution in [3.63, 3.8) is 0 Å². The van der Waals surface area contributed by atoms with Gasteiger partial charge in [0.05, 0.1) is 5.69 Å². The van der Waals surface area contributed by atoms with E-state index in [9.17, 15) is 13.6 Å². The molecule has 1 aromatic rings. The monoisotopic (exact) mass is 266 g/mol. The summed E-state index contributed by atoms with van der Waals surface area (Å²) in [6.07, 6.45) is 2.63. The summed E-state index contributed by atoms with van der Waals surface area (Å²) >= 11 is 0. The molecule has 2 heterocycles. The molecule has 19 heavy (non-hydrogen) atoms. The molecule has 2 unspecified atom stereocenters. The topological polar surface area (TPSA) is 32.3 Å². The fourth-order valence-electron chi connectivity index (χ4n) is 3.06. The second-order valence-corrected chi connectivity index (χ2v) is 5.25. The van der Waals surface area contributed by atoms with Crippen molar-refractivity contribution in [2.24, 2.45) is 5.92 Å². The van der Waals surface area contributed by atoms with E-state index in [0.29, 0.717) is 24.6 Å². The van der Waals surface area contributed by atoms with Gasteiger partial charge in [0, 0.05) is 6.54 Å². The van der Waals surface area contributed by atoms with Crippen molar-refractivity contribution < 1.29 is 13.6 Å². The summed E-state index contributed by atoms with van der Waals surface area (Å²) in [5.41, 5.74) is 0.578. The van der Waals surface area contributed by atoms with E-state index in [1.807, 2.05) is 0 Å². The van der Waals surface area contributed by atoms with E-state index >= 15 is 0 Å². The van der Waals surface area contributed by atoms with E-state index in [-0.39, 0.29) is 17.6 Å². The number of nitrogens with one attached hydrogen (secondary N) is 1. The first-order valence-corrected chi connectivity index (χ1v) is 6.67. The Morgan fingerprint density at radius 2 is 2.21 bits per heavy atom. The highest BCUT2D eigenvalue weighted by atomic mass is 19.2. The number of carbonyl (C=O) groups excluding carboxylic acids is 1. The summed E-state index contributed by atoms with van der Waals surface area (Å²) in [6.45, 7) is 2.69. The first kappa shape index (κ1) is 12.4. The standard InChI is InChI=1S/C14H16F2N2O/c1-2-8-5-6-18-11(7-8)14(19)17-10-4-3-9(15)12(16)13(10)18/h3-4,8,11H,2,5-7H2,1H3,(H,17,19). The van der Waals surface area contributed by atoms with Gasteiger partial charge in [-0.15, -0.1) is 0 Å². The molecule has 3 nitrogen and oxygen atoms in total. The van der Waals surface area contributed by atoms with Crippen LogP contribution in [0.2, 0.25) is 0 Å². The minimum absolute atomic E-state index is 0.114. The Balaban J connectivity index is 2.03. The van der Waals surface area contributed by atoms with Crippen LogP contribution in [0.5, 0.6) is 0 Å². The summed E-state index contributed by atoms with van der Waals surface area (Å²) in [4.78, 5) is 13.8. The van der Waals surface area contributed by atoms with Crippen molar-refractivity contribution in [1.29, 1.82) is 0 Å². The van der Waals surface area contributed by atoms with Gasteiger partial charge in [0.1, 0.15) is 11.7 Å². The van der Waals surface area contributed by atoms with Crippen LogP contribution in [0.4, 0.5) is 20.2 Å². The van der Waals surface area contributed by atoms with Crippen LogP contribution < -0.4 is 10.2 Å². The molecule has 5 heteroatoms. The Bertz CT molecular complexity index is 532. The fourth-order valence-corrected chi connectivity index (χ4v) is 3.06. The van der Waals surface area contributed by atoms with E-state index < -0.39 is 11.6 Å². The Morgan fingerprint density at radius 3 is 2.95 bits per heavy atom. The zero-order chi connectivity index (χ0) is 13.6. The number of rotatable bonds is 1. The fraction of sp³-hybridized carbons (Fsp3) is 0.500. The third-order valence-corrected chi connectivity index (χ3v) is 4.21. The van der Waals surface area contributed by atoms with Crippen LogP contribution in [0.3, 0.4) is 0 Å². The Kier molecular flexibility index (Phi) is 2.92. The number of hydrogen-bond acceptors (Lipinski definition) is 2. The quantitative estimate of drug-likeness (QED) is 0.847. The molecule has 3 rings (SSSR count). The molecule has 0 radical (unpaired) electrons. The lowest BCUT2D eigenvalue weighted by Crippen LogP contribution is -2.52. The van der Waals surface area contributed by atoms with Gasteiger partial charge in [-0.1, -0.05) is 13.3 Å². The van der Waals surface area contributed by atoms with Crippen LogP contribution in [0, 0.1) is 17.6 Å². The largest absolute Gasteiger partial charge is 0.355 e. The Morgan fingerprint density at radius 1 is 1.42 bits per heavy atom. The van der Waals surface area contributed by atoms with Crippen molar-refractivity contribution >= 4 is 17.3 Å². The predicted molar refractivity (Wildman–Crippen MR) is 69.1 cm³/mol. The molecule has 1 fully saturated rings. The van der Waals surface area contributed by atoms with Gasteiger partial charge in [-0.2, -0.15) is 0 Å². The summed E-state index contributed by atoms with van der Waals surface area (Å²) in [7, 11) is 0. The van der Waals surface area contributed by atoms with E-state index in [4.69, 9.17) is 0 Å². The van der Waals surface area contributed by atoms with E-state index in [1.54, 1.807) is 4.90 Å². The second kappa shape index (κ2) is 4.47. The highest BCUT2D eigenvalue weighted by Crippen LogP contribution is 2.40. The number of halogens is 2. The van der Waals surface area contributed by atoms with E-state index in [0.717, 1.165) is 18.9 Å². The lowest BCUT2D eigenvalue weighted by atomic mass is 9.87. The lowest BCUT2D eigenvalue weighted by Gasteiger charge is -2.43. The summed E-state index contributed by atoms with van der Waals surface area (Å²) in [5.74, 6) is -1.37. The van der Waals surface area contributed by atoms with Gasteiger partial charge in [0.2, 0.25) is 5.91 Å². The molecule has 2 aliphatic heterocycles. The molecule has 1 N–H and O–H groups in total. The van der Waals surface area contributed by atoms with Crippen LogP contribution in [0.1, 0.15) is 26.2 Å². The number of fused-ring (bicyclic) bond motifs is 3. The highest BCUT2D eigenvalue weighted by Gasteiger charge is 2.39. The van der Waals surface area contributed by atoms with Crippen molar-refractivity contribution in [2.75, 3.05) is 16.8 Å². The first-order valence-electron chi connectivity index (χ1n) is 6.67. The molecule has 1 saturated heterocycles. The normalized spacial score (nSPS) is 25.6. The molecule has 0 aromatic heterocycles. The summed E-state index contributed by atoms with van der Waals surface area (Å²) < 4.78 is 27.4. The van der Waals surface area contributed by atoms with Crippen LogP contribution in [0.15, 0.2) is 12.1 Å². The molecular weight excluding hydrogens is 250 g/mol. The Hall–Kier alpha value is -1.65. The molecule has 102 valence electrons. The molecule has 0 saturated carbocycles. The van der Waals surface area contributed by atoms with Gasteiger partial charge in [-0.25, -0.2) is 8.78 Å². The number of amides is 1. The second-order valence-electron chi connectivity index (χ2n) is 5.25. The van der Waals surface area contributed by atoms with Gasteiger partial charge in [0.25, 0.3) is 0 Å². The molecule has 1 amide bonds. The number of piperidine rings is 1. The number of carbonyl (C=O) groups is 1. The molecule has 0 spiro atoms. The number of benzene rings is 1. The third kappa shape index (κ3) is 1.88. The van der Waals surface area contributed by atoms with Crippen molar-refractivity contribution in [3.05, 3.63) is 23.8 Å². The minimum atomic E-state index is -0.869. The zero-order valence-electron chi connectivity index (χ0n) is 10.7. The van der Waals surface area contributed by atoms with Crippen molar-refractivity contribution in [2.45, 2.75) is 32.2 Å². The van der Waals surface area contributed by atoms with Crippen LogP contribution >= 0.6 is 0 Å².